The van der Waals surface area contributed by atoms with Crippen LogP contribution in [0.4, 0.5) is 4.79 Å². The van der Waals surface area contributed by atoms with E-state index in [0.29, 0.717) is 0 Å². The summed E-state index contributed by atoms with van der Waals surface area (Å²) in [7, 11) is 0. The second kappa shape index (κ2) is 7.05. The van der Waals surface area contributed by atoms with E-state index in [1.807, 2.05) is 38.1 Å². The molecule has 130 valence electrons. The van der Waals surface area contributed by atoms with Crippen molar-refractivity contribution < 1.29 is 19.2 Å². The summed E-state index contributed by atoms with van der Waals surface area (Å²) >= 11 is 0. The standard InChI is InChI=1S/C18H24N2O4/c1-11-16(12(2)24-20-11)14-8-6-13(7-9-14)15(10-21)19-17(22)23-18(3,4)5/h6-9,15,21H,10H2,1-5H3,(H,19,22)/t15-/m0/s1. The van der Waals surface area contributed by atoms with Gasteiger partial charge in [0.2, 0.25) is 0 Å². The minimum atomic E-state index is -0.586. The average molecular weight is 332 g/mol. The molecule has 0 bridgehead atoms. The Kier molecular flexibility index (Phi) is 5.29. The third kappa shape index (κ3) is 4.35. The first kappa shape index (κ1) is 18.0. The molecule has 0 saturated carbocycles. The fourth-order valence-electron chi connectivity index (χ4n) is 2.46. The highest BCUT2D eigenvalue weighted by Crippen LogP contribution is 2.28. The zero-order valence-electron chi connectivity index (χ0n) is 14.7. The van der Waals surface area contributed by atoms with Crippen LogP contribution in [0.15, 0.2) is 28.8 Å². The Morgan fingerprint density at radius 3 is 2.38 bits per heavy atom. The smallest absolute Gasteiger partial charge is 0.408 e. The van der Waals surface area contributed by atoms with Gasteiger partial charge in [0, 0.05) is 5.56 Å². The predicted molar refractivity (Wildman–Crippen MR) is 90.6 cm³/mol. The van der Waals surface area contributed by atoms with E-state index in [0.717, 1.165) is 28.1 Å². The molecule has 0 spiro atoms. The molecule has 2 aromatic rings. The van der Waals surface area contributed by atoms with E-state index in [9.17, 15) is 9.90 Å². The van der Waals surface area contributed by atoms with Crippen molar-refractivity contribution in [2.75, 3.05) is 6.61 Å². The molecule has 0 aliphatic rings. The van der Waals surface area contributed by atoms with Crippen molar-refractivity contribution in [3.63, 3.8) is 0 Å². The quantitative estimate of drug-likeness (QED) is 0.895. The van der Waals surface area contributed by atoms with Gasteiger partial charge in [-0.2, -0.15) is 0 Å². The predicted octanol–water partition coefficient (Wildman–Crippen LogP) is 3.52. The highest BCUT2D eigenvalue weighted by molar-refractivity contribution is 5.69. The van der Waals surface area contributed by atoms with Gasteiger partial charge in [0.1, 0.15) is 11.4 Å². The Labute approximate surface area is 141 Å². The number of benzene rings is 1. The van der Waals surface area contributed by atoms with Crippen LogP contribution in [0.5, 0.6) is 0 Å². The Morgan fingerprint density at radius 2 is 1.92 bits per heavy atom. The third-order valence-electron chi connectivity index (χ3n) is 3.51. The van der Waals surface area contributed by atoms with Crippen LogP contribution in [-0.2, 0) is 4.74 Å². The molecular formula is C18H24N2O4. The fraction of sp³-hybridized carbons (Fsp3) is 0.444. The zero-order chi connectivity index (χ0) is 17.9. The molecule has 0 saturated heterocycles. The van der Waals surface area contributed by atoms with E-state index in [1.165, 1.54) is 0 Å². The summed E-state index contributed by atoms with van der Waals surface area (Å²) < 4.78 is 10.4. The molecule has 6 nitrogen and oxygen atoms in total. The summed E-state index contributed by atoms with van der Waals surface area (Å²) in [6, 6.07) is 7.03. The number of rotatable bonds is 4. The maximum absolute atomic E-state index is 11.9. The second-order valence-electron chi connectivity index (χ2n) is 6.70. The number of aromatic nitrogens is 1. The van der Waals surface area contributed by atoms with Crippen LogP contribution in [0, 0.1) is 13.8 Å². The van der Waals surface area contributed by atoms with Gasteiger partial charge in [-0.1, -0.05) is 29.4 Å². The highest BCUT2D eigenvalue weighted by Gasteiger charge is 2.20. The normalized spacial score (nSPS) is 12.8. The first-order chi connectivity index (χ1) is 11.2. The zero-order valence-corrected chi connectivity index (χ0v) is 14.7. The summed E-state index contributed by atoms with van der Waals surface area (Å²) in [6.07, 6.45) is -0.559. The number of carbonyl (C=O) groups excluding carboxylic acids is 1. The molecule has 0 unspecified atom stereocenters. The van der Waals surface area contributed by atoms with Crippen molar-refractivity contribution in [3.05, 3.63) is 41.3 Å². The van der Waals surface area contributed by atoms with Crippen LogP contribution >= 0.6 is 0 Å². The van der Waals surface area contributed by atoms with E-state index in [2.05, 4.69) is 10.5 Å². The van der Waals surface area contributed by atoms with Gasteiger partial charge >= 0.3 is 6.09 Å². The SMILES string of the molecule is Cc1noc(C)c1-c1ccc([C@H](CO)NC(=O)OC(C)(C)C)cc1. The van der Waals surface area contributed by atoms with Crippen LogP contribution in [0.1, 0.15) is 43.8 Å². The molecule has 24 heavy (non-hydrogen) atoms. The van der Waals surface area contributed by atoms with Crippen molar-refractivity contribution in [2.45, 2.75) is 46.3 Å². The molecule has 2 rings (SSSR count). The largest absolute Gasteiger partial charge is 0.444 e. The molecule has 6 heteroatoms. The van der Waals surface area contributed by atoms with E-state index in [4.69, 9.17) is 9.26 Å². The number of aryl methyl sites for hydroxylation is 2. The van der Waals surface area contributed by atoms with Crippen molar-refractivity contribution in [1.29, 1.82) is 0 Å². The molecule has 0 aliphatic heterocycles. The van der Waals surface area contributed by atoms with E-state index >= 15 is 0 Å². The van der Waals surface area contributed by atoms with Crippen molar-refractivity contribution in [2.24, 2.45) is 0 Å². The van der Waals surface area contributed by atoms with Crippen molar-refractivity contribution >= 4 is 6.09 Å². The minimum Gasteiger partial charge on any atom is -0.444 e. The topological polar surface area (TPSA) is 84.6 Å². The number of hydrogen-bond donors (Lipinski definition) is 2. The number of alkyl carbamates (subject to hydrolysis) is 1. The van der Waals surface area contributed by atoms with Crippen molar-refractivity contribution in [1.82, 2.24) is 10.5 Å². The van der Waals surface area contributed by atoms with E-state index in [1.54, 1.807) is 20.8 Å². The molecule has 1 heterocycles. The van der Waals surface area contributed by atoms with Gasteiger partial charge in [0.25, 0.3) is 0 Å². The number of amides is 1. The van der Waals surface area contributed by atoms with E-state index < -0.39 is 17.7 Å². The monoisotopic (exact) mass is 332 g/mol. The molecule has 0 fully saturated rings. The van der Waals surface area contributed by atoms with Gasteiger partial charge in [-0.15, -0.1) is 0 Å². The number of aliphatic hydroxyl groups is 1. The van der Waals surface area contributed by atoms with Crippen LogP contribution in [-0.4, -0.2) is 28.6 Å². The van der Waals surface area contributed by atoms with Crippen LogP contribution < -0.4 is 5.32 Å². The molecule has 1 amide bonds. The van der Waals surface area contributed by atoms with Crippen LogP contribution in [0.25, 0.3) is 11.1 Å². The summed E-state index contributed by atoms with van der Waals surface area (Å²) in [6.45, 7) is 8.91. The van der Waals surface area contributed by atoms with Crippen molar-refractivity contribution in [3.8, 4) is 11.1 Å². The lowest BCUT2D eigenvalue weighted by atomic mass is 10.00. The van der Waals surface area contributed by atoms with E-state index in [-0.39, 0.29) is 6.61 Å². The lowest BCUT2D eigenvalue weighted by Gasteiger charge is -2.23. The molecule has 0 aliphatic carbocycles. The molecule has 1 aromatic carbocycles. The average Bonchev–Trinajstić information content (AvgIpc) is 2.82. The molecular weight excluding hydrogens is 308 g/mol. The molecule has 1 aromatic heterocycles. The molecule has 2 N–H and O–H groups in total. The Hall–Kier alpha value is -2.34. The minimum absolute atomic E-state index is 0.218. The van der Waals surface area contributed by atoms with Gasteiger partial charge in [-0.05, 0) is 45.7 Å². The summed E-state index contributed by atoms with van der Waals surface area (Å²) in [5.74, 6) is 0.755. The number of hydrogen-bond acceptors (Lipinski definition) is 5. The first-order valence-corrected chi connectivity index (χ1v) is 7.85. The van der Waals surface area contributed by atoms with Gasteiger partial charge in [-0.25, -0.2) is 4.79 Å². The Bertz CT molecular complexity index is 679. The number of nitrogens with zero attached hydrogens (tertiary/aromatic N) is 1. The number of ether oxygens (including phenoxy) is 1. The Morgan fingerprint density at radius 1 is 1.29 bits per heavy atom. The fourth-order valence-corrected chi connectivity index (χ4v) is 2.46. The van der Waals surface area contributed by atoms with Gasteiger partial charge in [0.15, 0.2) is 0 Å². The van der Waals surface area contributed by atoms with Crippen LogP contribution in [0.2, 0.25) is 0 Å². The Balaban J connectivity index is 2.15. The highest BCUT2D eigenvalue weighted by atomic mass is 16.6. The molecule has 1 atom stereocenters. The van der Waals surface area contributed by atoms with Crippen LogP contribution in [0.3, 0.4) is 0 Å². The first-order valence-electron chi connectivity index (χ1n) is 7.85. The molecule has 0 radical (unpaired) electrons. The van der Waals surface area contributed by atoms with Gasteiger partial charge < -0.3 is 19.7 Å². The maximum Gasteiger partial charge on any atom is 0.408 e. The number of aliphatic hydroxyl groups excluding tert-OH is 1. The summed E-state index contributed by atoms with van der Waals surface area (Å²) in [5, 5.41) is 16.2. The van der Waals surface area contributed by atoms with Gasteiger partial charge in [0.05, 0.1) is 18.3 Å². The number of carbonyl (C=O) groups is 1. The summed E-state index contributed by atoms with van der Waals surface area (Å²) in [5.41, 5.74) is 2.97. The lowest BCUT2D eigenvalue weighted by molar-refractivity contribution is 0.0482. The third-order valence-corrected chi connectivity index (χ3v) is 3.51. The maximum atomic E-state index is 11.9. The number of nitrogens with one attached hydrogen (secondary N) is 1. The van der Waals surface area contributed by atoms with Gasteiger partial charge in [-0.3, -0.25) is 0 Å². The summed E-state index contributed by atoms with van der Waals surface area (Å²) in [4.78, 5) is 11.9. The second-order valence-corrected chi connectivity index (χ2v) is 6.70. The lowest BCUT2D eigenvalue weighted by Crippen LogP contribution is -2.36.